The molecule has 45 heavy (non-hydrogen) atoms. The van der Waals surface area contributed by atoms with Gasteiger partial charge >= 0.3 is 6.01 Å². The molecule has 0 bridgehead atoms. The molecule has 6 heterocycles. The number of aromatic nitrogens is 3. The van der Waals surface area contributed by atoms with Gasteiger partial charge in [-0.05, 0) is 49.4 Å². The van der Waals surface area contributed by atoms with Gasteiger partial charge in [0.05, 0.1) is 23.8 Å². The summed E-state index contributed by atoms with van der Waals surface area (Å²) in [5.41, 5.74) is -0.789. The van der Waals surface area contributed by atoms with Crippen LogP contribution in [0.1, 0.15) is 31.2 Å². The second kappa shape index (κ2) is 10.6. The minimum atomic E-state index is -0.936. The number of benzene rings is 2. The zero-order chi connectivity index (χ0) is 30.9. The number of anilines is 1. The van der Waals surface area contributed by atoms with E-state index in [1.54, 1.807) is 0 Å². The quantitative estimate of drug-likeness (QED) is 0.326. The summed E-state index contributed by atoms with van der Waals surface area (Å²) in [6.07, 6.45) is 7.56. The molecule has 0 amide bonds. The van der Waals surface area contributed by atoms with E-state index in [0.29, 0.717) is 50.3 Å². The van der Waals surface area contributed by atoms with Crippen LogP contribution >= 0.6 is 0 Å². The number of hydrogen-bond donors (Lipinski definition) is 1. The number of halogens is 3. The molecule has 3 atom stereocenters. The Morgan fingerprint density at radius 3 is 2.87 bits per heavy atom. The zero-order valence-corrected chi connectivity index (χ0v) is 24.4. The predicted octanol–water partition coefficient (Wildman–Crippen LogP) is 4.75. The minimum Gasteiger partial charge on any atom is -0.508 e. The minimum absolute atomic E-state index is 0.0510. The average molecular weight is 618 g/mol. The highest BCUT2D eigenvalue weighted by Gasteiger charge is 2.49. The van der Waals surface area contributed by atoms with Crippen molar-refractivity contribution in [2.24, 2.45) is 0 Å². The Labute approximate surface area is 256 Å². The number of phenols is 1. The summed E-state index contributed by atoms with van der Waals surface area (Å²) in [6, 6.07) is 5.09. The van der Waals surface area contributed by atoms with Gasteiger partial charge in [0.2, 0.25) is 5.88 Å². The van der Waals surface area contributed by atoms with Crippen molar-refractivity contribution in [3.8, 4) is 41.2 Å². The van der Waals surface area contributed by atoms with Crippen LogP contribution in [-0.2, 0) is 4.74 Å². The van der Waals surface area contributed by atoms with E-state index in [0.717, 1.165) is 19.4 Å². The van der Waals surface area contributed by atoms with Crippen molar-refractivity contribution in [2.45, 2.75) is 43.4 Å². The van der Waals surface area contributed by atoms with Gasteiger partial charge in [0.25, 0.3) is 0 Å². The van der Waals surface area contributed by atoms with Crippen LogP contribution in [0.25, 0.3) is 32.9 Å². The number of pyridine rings is 1. The first-order valence-corrected chi connectivity index (χ1v) is 15.2. The van der Waals surface area contributed by atoms with Crippen LogP contribution < -0.4 is 14.4 Å². The third-order valence-electron chi connectivity index (χ3n) is 9.52. The van der Waals surface area contributed by atoms with Gasteiger partial charge in [-0.2, -0.15) is 9.97 Å². The van der Waals surface area contributed by atoms with Gasteiger partial charge in [0, 0.05) is 37.1 Å². The van der Waals surface area contributed by atoms with Crippen molar-refractivity contribution in [3.63, 3.8) is 0 Å². The van der Waals surface area contributed by atoms with E-state index in [4.69, 9.17) is 25.6 Å². The van der Waals surface area contributed by atoms with Gasteiger partial charge in [-0.15, -0.1) is 6.42 Å². The van der Waals surface area contributed by atoms with Gasteiger partial charge in [-0.1, -0.05) is 12.0 Å². The van der Waals surface area contributed by atoms with Gasteiger partial charge < -0.3 is 24.2 Å². The molecule has 0 saturated carbocycles. The first kappa shape index (κ1) is 28.2. The number of nitrogens with zero attached hydrogens (tertiary/aromatic N) is 5. The third-order valence-corrected chi connectivity index (χ3v) is 9.52. The molecule has 4 aromatic rings. The number of aromatic hydroxyl groups is 1. The Morgan fingerprint density at radius 2 is 2.00 bits per heavy atom. The number of alkyl halides is 1. The first-order chi connectivity index (χ1) is 21.8. The van der Waals surface area contributed by atoms with Gasteiger partial charge in [-0.25, -0.2) is 18.2 Å². The Balaban J connectivity index is 1.33. The van der Waals surface area contributed by atoms with Gasteiger partial charge in [0.15, 0.2) is 5.82 Å². The number of terminal acetylenes is 1. The fourth-order valence-corrected chi connectivity index (χ4v) is 7.48. The molecule has 12 heteroatoms. The summed E-state index contributed by atoms with van der Waals surface area (Å²) in [5.74, 6) is 1.18. The van der Waals surface area contributed by atoms with Crippen molar-refractivity contribution in [3.05, 3.63) is 41.5 Å². The molecule has 0 radical (unpaired) electrons. The first-order valence-electron chi connectivity index (χ1n) is 15.2. The summed E-state index contributed by atoms with van der Waals surface area (Å²) >= 11 is 0. The van der Waals surface area contributed by atoms with Crippen LogP contribution in [0, 0.1) is 24.0 Å². The highest BCUT2D eigenvalue weighted by Crippen LogP contribution is 2.44. The van der Waals surface area contributed by atoms with Crippen LogP contribution in [0.4, 0.5) is 19.0 Å². The summed E-state index contributed by atoms with van der Waals surface area (Å²) < 4.78 is 64.5. The average Bonchev–Trinajstić information content (AvgIpc) is 3.38. The lowest BCUT2D eigenvalue weighted by Crippen LogP contribution is -2.43. The lowest BCUT2D eigenvalue weighted by molar-refractivity contribution is 0.107. The second-order valence-electron chi connectivity index (χ2n) is 12.2. The largest absolute Gasteiger partial charge is 0.508 e. The lowest BCUT2D eigenvalue weighted by Gasteiger charge is -2.31. The smallest absolute Gasteiger partial charge is 0.319 e. The number of hydrogen-bond acceptors (Lipinski definition) is 9. The number of rotatable bonds is 4. The van der Waals surface area contributed by atoms with E-state index in [9.17, 15) is 13.9 Å². The fraction of sp³-hybridized carbons (Fsp3) is 0.424. The highest BCUT2D eigenvalue weighted by molar-refractivity contribution is 6.04. The molecule has 2 aromatic heterocycles. The maximum Gasteiger partial charge on any atom is 0.319 e. The molecule has 9 nitrogen and oxygen atoms in total. The van der Waals surface area contributed by atoms with Crippen molar-refractivity contribution in [2.75, 3.05) is 51.0 Å². The van der Waals surface area contributed by atoms with E-state index in [1.165, 1.54) is 24.3 Å². The van der Waals surface area contributed by atoms with Gasteiger partial charge in [0.1, 0.15) is 53.4 Å². The van der Waals surface area contributed by atoms with Crippen molar-refractivity contribution < 1.29 is 32.5 Å². The molecule has 2 aromatic carbocycles. The third kappa shape index (κ3) is 4.51. The van der Waals surface area contributed by atoms with E-state index in [-0.39, 0.29) is 70.0 Å². The van der Waals surface area contributed by atoms with Crippen LogP contribution in [0.2, 0.25) is 0 Å². The molecular weight excluding hydrogens is 587 g/mol. The second-order valence-corrected chi connectivity index (χ2v) is 12.2. The number of ether oxygens (including phenoxy) is 3. The summed E-state index contributed by atoms with van der Waals surface area (Å²) in [5, 5.41) is 11.5. The molecule has 3 fully saturated rings. The number of fused-ring (bicyclic) bond motifs is 4. The molecule has 0 spiro atoms. The molecule has 8 rings (SSSR count). The SMILES string of the molecule is C#Cc1c(F)ccc2cc(O)cc(-c3nc4c5c(nc(OC[C@@]67CCCN6C[C@H](F)C7)nc5c3F)N3CCCOCC3CO4)c12. The van der Waals surface area contributed by atoms with Crippen LogP contribution in [0.5, 0.6) is 17.6 Å². The molecule has 4 aliphatic rings. The Bertz CT molecular complexity index is 1900. The summed E-state index contributed by atoms with van der Waals surface area (Å²) in [7, 11) is 0. The van der Waals surface area contributed by atoms with Crippen molar-refractivity contribution in [1.82, 2.24) is 19.9 Å². The van der Waals surface area contributed by atoms with E-state index < -0.39 is 23.3 Å². The Morgan fingerprint density at radius 1 is 1.11 bits per heavy atom. The predicted molar refractivity (Wildman–Crippen MR) is 160 cm³/mol. The Kier molecular flexibility index (Phi) is 6.65. The standard InChI is InChI=1S/C33H30F3N5O4/c1-2-22-24(35)6-5-18-11-21(42)12-23(25(18)22)28-27(36)29-26-30(41-9-4-10-43-15-20(41)16-44-31(26)37-28)39-32(38-29)45-17-33-7-3-8-40(33)14-19(34)13-33/h1,5-6,11-12,19-20,42H,3-4,7-10,13-17H2/t19-,20?,33+/m1/s1. The van der Waals surface area contributed by atoms with Gasteiger partial charge in [-0.3, -0.25) is 4.90 Å². The lowest BCUT2D eigenvalue weighted by atomic mass is 9.95. The van der Waals surface area contributed by atoms with E-state index >= 15 is 4.39 Å². The van der Waals surface area contributed by atoms with Crippen molar-refractivity contribution >= 4 is 27.5 Å². The van der Waals surface area contributed by atoms with E-state index in [2.05, 4.69) is 20.8 Å². The van der Waals surface area contributed by atoms with Crippen molar-refractivity contribution in [1.29, 1.82) is 0 Å². The van der Waals surface area contributed by atoms with Crippen LogP contribution in [-0.4, -0.2) is 88.8 Å². The molecular formula is C33H30F3N5O4. The molecule has 232 valence electrons. The maximum atomic E-state index is 16.9. The topological polar surface area (TPSA) is 93.1 Å². The normalized spacial score (nSPS) is 24.5. The van der Waals surface area contributed by atoms with Crippen LogP contribution in [0.3, 0.4) is 0 Å². The maximum absolute atomic E-state index is 16.9. The van der Waals surface area contributed by atoms with Crippen LogP contribution in [0.15, 0.2) is 24.3 Å². The summed E-state index contributed by atoms with van der Waals surface area (Å²) in [6.45, 7) is 3.01. The summed E-state index contributed by atoms with van der Waals surface area (Å²) in [4.78, 5) is 18.1. The van der Waals surface area contributed by atoms with E-state index in [1.807, 2.05) is 4.90 Å². The Hall–Kier alpha value is -4.34. The fourth-order valence-electron chi connectivity index (χ4n) is 7.48. The molecule has 4 aliphatic heterocycles. The molecule has 1 unspecified atom stereocenters. The zero-order valence-electron chi connectivity index (χ0n) is 24.4. The highest BCUT2D eigenvalue weighted by atomic mass is 19.1. The molecule has 3 saturated heterocycles. The molecule has 1 N–H and O–H groups in total. The monoisotopic (exact) mass is 617 g/mol. The molecule has 0 aliphatic carbocycles. The number of phenolic OH excluding ortho intramolecular Hbond substituents is 1.